The van der Waals surface area contributed by atoms with Crippen molar-refractivity contribution in [3.8, 4) is 0 Å². The van der Waals surface area contributed by atoms with E-state index in [0.29, 0.717) is 12.2 Å². The molecule has 0 aliphatic heterocycles. The molecule has 0 aromatic carbocycles. The van der Waals surface area contributed by atoms with Crippen LogP contribution in [0.5, 0.6) is 0 Å². The van der Waals surface area contributed by atoms with Crippen LogP contribution in [0.25, 0.3) is 0 Å². The van der Waals surface area contributed by atoms with Crippen LogP contribution in [0.3, 0.4) is 0 Å². The van der Waals surface area contributed by atoms with Crippen molar-refractivity contribution >= 4 is 0 Å². The first-order chi connectivity index (χ1) is 5.14. The molecule has 1 heterocycles. The molecule has 2 N–H and O–H groups in total. The van der Waals surface area contributed by atoms with Crippen LogP contribution in [0, 0.1) is 0 Å². The van der Waals surface area contributed by atoms with Gasteiger partial charge in [-0.2, -0.15) is 5.10 Å². The normalized spacial score (nSPS) is 15.8. The van der Waals surface area contributed by atoms with Gasteiger partial charge in [0.15, 0.2) is 0 Å². The Labute approximate surface area is 65.0 Å². The number of hydrogen-bond acceptors (Lipinski definition) is 3. The summed E-state index contributed by atoms with van der Waals surface area (Å²) in [6.45, 7) is 5.17. The van der Waals surface area contributed by atoms with E-state index >= 15 is 0 Å². The van der Waals surface area contributed by atoms with E-state index in [2.05, 4.69) is 21.8 Å². The minimum atomic E-state index is -0.903. The largest absolute Gasteiger partial charge is 0.386 e. The van der Waals surface area contributed by atoms with Gasteiger partial charge in [0, 0.05) is 6.42 Å². The predicted octanol–water partition coefficient (Wildman–Crippen LogP) is 0.284. The van der Waals surface area contributed by atoms with E-state index < -0.39 is 5.60 Å². The maximum absolute atomic E-state index is 9.49. The van der Waals surface area contributed by atoms with Crippen LogP contribution in [-0.2, 0) is 6.42 Å². The minimum absolute atomic E-state index is 0.413. The summed E-state index contributed by atoms with van der Waals surface area (Å²) in [6.07, 6.45) is 3.31. The van der Waals surface area contributed by atoms with Crippen molar-refractivity contribution in [3.05, 3.63) is 24.8 Å². The van der Waals surface area contributed by atoms with E-state index in [1.165, 1.54) is 12.4 Å². The van der Waals surface area contributed by atoms with E-state index in [4.69, 9.17) is 0 Å². The van der Waals surface area contributed by atoms with Crippen LogP contribution in [0.2, 0.25) is 0 Å². The van der Waals surface area contributed by atoms with Gasteiger partial charge in [0.05, 0.1) is 5.60 Å². The van der Waals surface area contributed by atoms with Crippen molar-refractivity contribution in [2.24, 2.45) is 0 Å². The van der Waals surface area contributed by atoms with Gasteiger partial charge in [-0.3, -0.25) is 5.10 Å². The van der Waals surface area contributed by atoms with Gasteiger partial charge in [-0.25, -0.2) is 4.98 Å². The summed E-state index contributed by atoms with van der Waals surface area (Å²) in [4.78, 5) is 3.87. The summed E-state index contributed by atoms with van der Waals surface area (Å²) < 4.78 is 0. The van der Waals surface area contributed by atoms with Crippen LogP contribution in [0.15, 0.2) is 19.0 Å². The molecule has 0 fully saturated rings. The van der Waals surface area contributed by atoms with Gasteiger partial charge < -0.3 is 5.11 Å². The van der Waals surface area contributed by atoms with Crippen molar-refractivity contribution < 1.29 is 5.11 Å². The number of nitrogens with one attached hydrogen (secondary N) is 1. The zero-order valence-electron chi connectivity index (χ0n) is 6.41. The number of hydrogen-bond donors (Lipinski definition) is 2. The van der Waals surface area contributed by atoms with Crippen molar-refractivity contribution in [2.75, 3.05) is 0 Å². The minimum Gasteiger partial charge on any atom is -0.386 e. The molecule has 1 unspecified atom stereocenters. The third-order valence-electron chi connectivity index (χ3n) is 1.43. The Balaban J connectivity index is 2.63. The van der Waals surface area contributed by atoms with Crippen molar-refractivity contribution in [2.45, 2.75) is 18.9 Å². The number of H-pyrrole nitrogens is 1. The zero-order valence-corrected chi connectivity index (χ0v) is 6.41. The van der Waals surface area contributed by atoms with Crippen LogP contribution in [0.1, 0.15) is 12.7 Å². The van der Waals surface area contributed by atoms with Crippen molar-refractivity contribution in [1.29, 1.82) is 0 Å². The lowest BCUT2D eigenvalue weighted by Gasteiger charge is -2.15. The molecule has 0 aliphatic carbocycles. The molecule has 60 valence electrons. The topological polar surface area (TPSA) is 61.8 Å². The van der Waals surface area contributed by atoms with Crippen molar-refractivity contribution in [3.63, 3.8) is 0 Å². The molecule has 1 rings (SSSR count). The molecule has 1 aromatic heterocycles. The Hall–Kier alpha value is -1.16. The van der Waals surface area contributed by atoms with E-state index in [1.54, 1.807) is 6.92 Å². The lowest BCUT2D eigenvalue weighted by atomic mass is 10.0. The Morgan fingerprint density at radius 1 is 1.91 bits per heavy atom. The first-order valence-corrected chi connectivity index (χ1v) is 3.34. The summed E-state index contributed by atoms with van der Waals surface area (Å²) in [5.41, 5.74) is -0.903. The van der Waals surface area contributed by atoms with Gasteiger partial charge in [-0.05, 0) is 6.92 Å². The Morgan fingerprint density at radius 2 is 2.64 bits per heavy atom. The van der Waals surface area contributed by atoms with E-state index in [1.807, 2.05) is 0 Å². The second-order valence-corrected chi connectivity index (χ2v) is 2.67. The average Bonchev–Trinajstić information content (AvgIpc) is 2.39. The highest BCUT2D eigenvalue weighted by molar-refractivity contribution is 4.99. The molecular formula is C7H11N3O. The lowest BCUT2D eigenvalue weighted by Crippen LogP contribution is -2.24. The van der Waals surface area contributed by atoms with Gasteiger partial charge in [-0.1, -0.05) is 6.08 Å². The van der Waals surface area contributed by atoms with E-state index in [-0.39, 0.29) is 0 Å². The van der Waals surface area contributed by atoms with Gasteiger partial charge >= 0.3 is 0 Å². The number of aromatic nitrogens is 3. The molecule has 11 heavy (non-hydrogen) atoms. The fraction of sp³-hybridized carbons (Fsp3) is 0.429. The van der Waals surface area contributed by atoms with Gasteiger partial charge in [0.2, 0.25) is 0 Å². The number of nitrogens with zero attached hydrogens (tertiary/aromatic N) is 2. The fourth-order valence-electron chi connectivity index (χ4n) is 0.727. The number of rotatable bonds is 3. The standard InChI is InChI=1S/C7H11N3O/c1-3-7(2,11)4-6-8-5-9-10-6/h3,5,11H,1,4H2,2H3,(H,8,9,10). The van der Waals surface area contributed by atoms with Gasteiger partial charge in [0.1, 0.15) is 12.2 Å². The molecule has 1 atom stereocenters. The molecule has 0 saturated heterocycles. The summed E-state index contributed by atoms with van der Waals surface area (Å²) in [5, 5.41) is 15.8. The second-order valence-electron chi connectivity index (χ2n) is 2.67. The molecule has 0 radical (unpaired) electrons. The molecular weight excluding hydrogens is 142 g/mol. The summed E-state index contributed by atoms with van der Waals surface area (Å²) >= 11 is 0. The highest BCUT2D eigenvalue weighted by Crippen LogP contribution is 2.09. The van der Waals surface area contributed by atoms with Crippen LogP contribution < -0.4 is 0 Å². The van der Waals surface area contributed by atoms with Crippen molar-refractivity contribution in [1.82, 2.24) is 15.2 Å². The van der Waals surface area contributed by atoms with E-state index in [0.717, 1.165) is 0 Å². The predicted molar refractivity (Wildman–Crippen MR) is 40.9 cm³/mol. The molecule has 1 aromatic rings. The second kappa shape index (κ2) is 2.84. The smallest absolute Gasteiger partial charge is 0.137 e. The first-order valence-electron chi connectivity index (χ1n) is 3.34. The Morgan fingerprint density at radius 3 is 3.09 bits per heavy atom. The molecule has 0 aliphatic rings. The molecule has 4 nitrogen and oxygen atoms in total. The number of aliphatic hydroxyl groups is 1. The molecule has 0 saturated carbocycles. The highest BCUT2D eigenvalue weighted by atomic mass is 16.3. The summed E-state index contributed by atoms with van der Waals surface area (Å²) in [5.74, 6) is 0.662. The zero-order chi connectivity index (χ0) is 8.32. The molecule has 0 amide bonds. The lowest BCUT2D eigenvalue weighted by molar-refractivity contribution is 0.110. The first kappa shape index (κ1) is 7.94. The molecule has 0 bridgehead atoms. The van der Waals surface area contributed by atoms with Crippen LogP contribution in [0.4, 0.5) is 0 Å². The fourth-order valence-corrected chi connectivity index (χ4v) is 0.727. The monoisotopic (exact) mass is 153 g/mol. The Kier molecular flexibility index (Phi) is 2.05. The summed E-state index contributed by atoms with van der Waals surface area (Å²) in [6, 6.07) is 0. The maximum atomic E-state index is 9.49. The highest BCUT2D eigenvalue weighted by Gasteiger charge is 2.17. The average molecular weight is 153 g/mol. The van der Waals surface area contributed by atoms with E-state index in [9.17, 15) is 5.11 Å². The quantitative estimate of drug-likeness (QED) is 0.613. The Bertz CT molecular complexity index is 228. The molecule has 4 heteroatoms. The molecule has 0 spiro atoms. The number of aromatic amines is 1. The third-order valence-corrected chi connectivity index (χ3v) is 1.43. The van der Waals surface area contributed by atoms with Crippen LogP contribution in [-0.4, -0.2) is 25.9 Å². The SMILES string of the molecule is C=CC(C)(O)Cc1ncn[nH]1. The van der Waals surface area contributed by atoms with Crippen LogP contribution >= 0.6 is 0 Å². The third kappa shape index (κ3) is 2.16. The van der Waals surface area contributed by atoms with Gasteiger partial charge in [0.25, 0.3) is 0 Å². The summed E-state index contributed by atoms with van der Waals surface area (Å²) in [7, 11) is 0. The maximum Gasteiger partial charge on any atom is 0.137 e. The van der Waals surface area contributed by atoms with Gasteiger partial charge in [-0.15, -0.1) is 6.58 Å².